The Morgan fingerprint density at radius 1 is 1.26 bits per heavy atom. The van der Waals surface area contributed by atoms with Gasteiger partial charge < -0.3 is 15.7 Å². The second-order valence-corrected chi connectivity index (χ2v) is 7.79. The molecule has 0 amide bonds. The molecule has 3 N–H and O–H groups in total. The van der Waals surface area contributed by atoms with E-state index in [9.17, 15) is 9.90 Å². The van der Waals surface area contributed by atoms with E-state index < -0.39 is 5.97 Å². The number of benzene rings is 1. The van der Waals surface area contributed by atoms with E-state index in [1.54, 1.807) is 0 Å². The first-order valence-electron chi connectivity index (χ1n) is 10.6. The van der Waals surface area contributed by atoms with Gasteiger partial charge in [-0.3, -0.25) is 14.6 Å². The number of aromatic carboxylic acids is 1. The fourth-order valence-electron chi connectivity index (χ4n) is 4.03. The minimum atomic E-state index is -1.00. The van der Waals surface area contributed by atoms with Crippen molar-refractivity contribution in [2.45, 2.75) is 18.9 Å². The number of pyridine rings is 1. The van der Waals surface area contributed by atoms with Crippen molar-refractivity contribution >= 4 is 17.5 Å². The van der Waals surface area contributed by atoms with E-state index in [1.807, 2.05) is 42.1 Å². The van der Waals surface area contributed by atoms with Gasteiger partial charge in [-0.2, -0.15) is 5.10 Å². The normalized spacial score (nSPS) is 16.9. The summed E-state index contributed by atoms with van der Waals surface area (Å²) in [6, 6.07) is 11.8. The predicted octanol–water partition coefficient (Wildman–Crippen LogP) is 3.24. The number of aromatic nitrogens is 3. The Morgan fingerprint density at radius 2 is 2.10 bits per heavy atom. The van der Waals surface area contributed by atoms with E-state index in [0.29, 0.717) is 11.5 Å². The standard InChI is InChI=1S/C23H28N6O2/c1-24-11-13-28-12-5-8-18(15-28)29-16-20(17-6-3-2-4-7-17)22(27-29)26-21-14-25-10-9-19(21)23(30)31/h2-4,6-7,9-10,14,16,18,24H,5,8,11-13,15H2,1H3,(H,26,27)(H,30,31). The van der Waals surface area contributed by atoms with Crippen LogP contribution in [0.2, 0.25) is 0 Å². The van der Waals surface area contributed by atoms with Crippen LogP contribution in [-0.4, -0.2) is 64.0 Å². The molecule has 2 aromatic heterocycles. The molecule has 1 fully saturated rings. The molecule has 0 saturated carbocycles. The van der Waals surface area contributed by atoms with Gasteiger partial charge in [-0.25, -0.2) is 4.79 Å². The van der Waals surface area contributed by atoms with Crippen LogP contribution in [0.5, 0.6) is 0 Å². The molecule has 8 heteroatoms. The SMILES string of the molecule is CNCCN1CCCC(n2cc(-c3ccccc3)c(Nc3cnccc3C(=O)O)n2)C1. The lowest BCUT2D eigenvalue weighted by molar-refractivity contribution is 0.0698. The van der Waals surface area contributed by atoms with Crippen molar-refractivity contribution < 1.29 is 9.90 Å². The number of carbonyl (C=O) groups is 1. The van der Waals surface area contributed by atoms with Crippen LogP contribution >= 0.6 is 0 Å². The van der Waals surface area contributed by atoms with Crippen molar-refractivity contribution in [3.05, 3.63) is 60.6 Å². The van der Waals surface area contributed by atoms with Gasteiger partial charge in [0.15, 0.2) is 5.82 Å². The molecule has 3 aromatic rings. The highest BCUT2D eigenvalue weighted by molar-refractivity contribution is 5.95. The number of likely N-dealkylation sites (tertiary alicyclic amines) is 1. The largest absolute Gasteiger partial charge is 0.478 e. The number of hydrogen-bond acceptors (Lipinski definition) is 6. The zero-order chi connectivity index (χ0) is 21.6. The van der Waals surface area contributed by atoms with Crippen LogP contribution in [-0.2, 0) is 0 Å². The Bertz CT molecular complexity index is 1020. The maximum Gasteiger partial charge on any atom is 0.337 e. The molecule has 1 aliphatic rings. The molecular weight excluding hydrogens is 392 g/mol. The summed E-state index contributed by atoms with van der Waals surface area (Å²) in [5, 5.41) is 20.8. The van der Waals surface area contributed by atoms with Crippen molar-refractivity contribution in [2.75, 3.05) is 38.5 Å². The van der Waals surface area contributed by atoms with Gasteiger partial charge >= 0.3 is 5.97 Å². The van der Waals surface area contributed by atoms with Gasteiger partial charge in [0.25, 0.3) is 0 Å². The molecule has 4 rings (SSSR count). The maximum atomic E-state index is 11.6. The van der Waals surface area contributed by atoms with Crippen LogP contribution < -0.4 is 10.6 Å². The molecule has 0 bridgehead atoms. The van der Waals surface area contributed by atoms with Gasteiger partial charge in [-0.15, -0.1) is 0 Å². The molecule has 0 radical (unpaired) electrons. The first kappa shape index (κ1) is 21.0. The summed E-state index contributed by atoms with van der Waals surface area (Å²) in [7, 11) is 1.98. The van der Waals surface area contributed by atoms with E-state index in [-0.39, 0.29) is 11.6 Å². The second kappa shape index (κ2) is 9.72. The van der Waals surface area contributed by atoms with E-state index in [2.05, 4.69) is 26.7 Å². The number of piperidine rings is 1. The minimum Gasteiger partial charge on any atom is -0.478 e. The summed E-state index contributed by atoms with van der Waals surface area (Å²) in [5.74, 6) is -0.368. The molecule has 31 heavy (non-hydrogen) atoms. The monoisotopic (exact) mass is 420 g/mol. The Labute approximate surface area is 181 Å². The third-order valence-corrected chi connectivity index (χ3v) is 5.65. The van der Waals surface area contributed by atoms with Gasteiger partial charge in [-0.1, -0.05) is 30.3 Å². The number of anilines is 2. The van der Waals surface area contributed by atoms with Crippen molar-refractivity contribution in [1.29, 1.82) is 0 Å². The van der Waals surface area contributed by atoms with Crippen molar-refractivity contribution in [2.24, 2.45) is 0 Å². The van der Waals surface area contributed by atoms with Crippen LogP contribution in [0.3, 0.4) is 0 Å². The third-order valence-electron chi connectivity index (χ3n) is 5.65. The highest BCUT2D eigenvalue weighted by Gasteiger charge is 2.24. The maximum absolute atomic E-state index is 11.6. The van der Waals surface area contributed by atoms with Gasteiger partial charge in [0, 0.05) is 37.6 Å². The molecule has 0 spiro atoms. The summed E-state index contributed by atoms with van der Waals surface area (Å²) >= 11 is 0. The average Bonchev–Trinajstić information content (AvgIpc) is 3.22. The molecule has 1 aliphatic heterocycles. The Kier molecular flexibility index (Phi) is 6.59. The fraction of sp³-hybridized carbons (Fsp3) is 0.348. The number of carboxylic acid groups (broad SMARTS) is 1. The van der Waals surface area contributed by atoms with E-state index in [1.165, 1.54) is 18.5 Å². The zero-order valence-electron chi connectivity index (χ0n) is 17.7. The first-order valence-corrected chi connectivity index (χ1v) is 10.6. The average molecular weight is 421 g/mol. The van der Waals surface area contributed by atoms with Crippen molar-refractivity contribution in [1.82, 2.24) is 25.0 Å². The Morgan fingerprint density at radius 3 is 2.87 bits per heavy atom. The smallest absolute Gasteiger partial charge is 0.337 e. The molecule has 1 unspecified atom stereocenters. The molecular formula is C23H28N6O2. The van der Waals surface area contributed by atoms with E-state index in [4.69, 9.17) is 5.10 Å². The minimum absolute atomic E-state index is 0.166. The highest BCUT2D eigenvalue weighted by atomic mass is 16.4. The quantitative estimate of drug-likeness (QED) is 0.515. The summed E-state index contributed by atoms with van der Waals surface area (Å²) < 4.78 is 2.03. The van der Waals surface area contributed by atoms with Crippen molar-refractivity contribution in [3.8, 4) is 11.1 Å². The van der Waals surface area contributed by atoms with Crippen LogP contribution in [0.15, 0.2) is 55.0 Å². The molecule has 162 valence electrons. The first-order chi connectivity index (χ1) is 15.2. The van der Waals surface area contributed by atoms with Crippen LogP contribution in [0, 0.1) is 0 Å². The molecule has 8 nitrogen and oxygen atoms in total. The summed E-state index contributed by atoms with van der Waals surface area (Å²) in [6.07, 6.45) is 7.27. The van der Waals surface area contributed by atoms with E-state index in [0.717, 1.165) is 50.1 Å². The fourth-order valence-corrected chi connectivity index (χ4v) is 4.03. The molecule has 3 heterocycles. The topological polar surface area (TPSA) is 95.3 Å². The number of likely N-dealkylation sites (N-methyl/N-ethyl adjacent to an activating group) is 1. The molecule has 1 aromatic carbocycles. The number of carboxylic acids is 1. The Hall–Kier alpha value is -3.23. The molecule has 1 atom stereocenters. The van der Waals surface area contributed by atoms with Gasteiger partial charge in [0.05, 0.1) is 23.5 Å². The zero-order valence-corrected chi connectivity index (χ0v) is 17.7. The second-order valence-electron chi connectivity index (χ2n) is 7.79. The summed E-state index contributed by atoms with van der Waals surface area (Å²) in [6.45, 7) is 4.04. The molecule has 0 aliphatic carbocycles. The van der Waals surface area contributed by atoms with E-state index >= 15 is 0 Å². The van der Waals surface area contributed by atoms with Gasteiger partial charge in [0.1, 0.15) is 0 Å². The molecule has 1 saturated heterocycles. The van der Waals surface area contributed by atoms with Crippen molar-refractivity contribution in [3.63, 3.8) is 0 Å². The van der Waals surface area contributed by atoms with Gasteiger partial charge in [0.2, 0.25) is 0 Å². The van der Waals surface area contributed by atoms with Crippen LogP contribution in [0.4, 0.5) is 11.5 Å². The summed E-state index contributed by atoms with van der Waals surface area (Å²) in [4.78, 5) is 18.2. The highest BCUT2D eigenvalue weighted by Crippen LogP contribution is 2.32. The van der Waals surface area contributed by atoms with Crippen LogP contribution in [0.25, 0.3) is 11.1 Å². The number of nitrogens with one attached hydrogen (secondary N) is 2. The lowest BCUT2D eigenvalue weighted by Gasteiger charge is -2.32. The third kappa shape index (κ3) is 4.92. The number of nitrogens with zero attached hydrogens (tertiary/aromatic N) is 4. The number of hydrogen-bond donors (Lipinski definition) is 3. The lowest BCUT2D eigenvalue weighted by atomic mass is 10.1. The number of rotatable bonds is 8. The lowest BCUT2D eigenvalue weighted by Crippen LogP contribution is -2.40. The summed E-state index contributed by atoms with van der Waals surface area (Å²) in [5.41, 5.74) is 2.56. The predicted molar refractivity (Wildman–Crippen MR) is 121 cm³/mol. The van der Waals surface area contributed by atoms with Crippen LogP contribution in [0.1, 0.15) is 29.2 Å². The van der Waals surface area contributed by atoms with Gasteiger partial charge in [-0.05, 0) is 38.1 Å². The Balaban J connectivity index is 1.66.